The lowest BCUT2D eigenvalue weighted by Crippen LogP contribution is -2.20. The van der Waals surface area contributed by atoms with Gasteiger partial charge < -0.3 is 5.32 Å². The van der Waals surface area contributed by atoms with Gasteiger partial charge in [0.15, 0.2) is 0 Å². The van der Waals surface area contributed by atoms with E-state index in [2.05, 4.69) is 17.2 Å². The van der Waals surface area contributed by atoms with Crippen LogP contribution in [0.3, 0.4) is 0 Å². The maximum atomic E-state index is 13.6. The van der Waals surface area contributed by atoms with Gasteiger partial charge in [0.25, 0.3) is 0 Å². The first-order chi connectivity index (χ1) is 8.68. The third kappa shape index (κ3) is 3.28. The molecule has 0 aliphatic carbocycles. The van der Waals surface area contributed by atoms with E-state index in [1.165, 1.54) is 0 Å². The van der Waals surface area contributed by atoms with Crippen molar-refractivity contribution < 1.29 is 4.39 Å². The van der Waals surface area contributed by atoms with E-state index in [0.717, 1.165) is 11.6 Å². The highest BCUT2D eigenvalue weighted by Gasteiger charge is 2.09. The lowest BCUT2D eigenvalue weighted by Gasteiger charge is -2.10. The van der Waals surface area contributed by atoms with Crippen LogP contribution >= 0.6 is 22.9 Å². The molecule has 0 saturated carbocycles. The monoisotopic (exact) mass is 284 g/mol. The molecule has 18 heavy (non-hydrogen) atoms. The summed E-state index contributed by atoms with van der Waals surface area (Å²) in [5, 5.41) is 6.45. The maximum absolute atomic E-state index is 13.6. The number of hydrogen-bond acceptors (Lipinski definition) is 3. The minimum absolute atomic E-state index is 0.169. The van der Waals surface area contributed by atoms with Crippen molar-refractivity contribution in [3.8, 4) is 0 Å². The van der Waals surface area contributed by atoms with Crippen molar-refractivity contribution in [3.05, 3.63) is 51.2 Å². The molecule has 2 aromatic rings. The average molecular weight is 285 g/mol. The number of nitrogens with one attached hydrogen (secondary N) is 1. The Labute approximate surface area is 115 Å². The Morgan fingerprint density at radius 1 is 1.50 bits per heavy atom. The van der Waals surface area contributed by atoms with Crippen LogP contribution in [0.5, 0.6) is 0 Å². The molecule has 1 unspecified atom stereocenters. The molecule has 1 aromatic carbocycles. The first-order valence-corrected chi connectivity index (χ1v) is 6.97. The summed E-state index contributed by atoms with van der Waals surface area (Å²) in [5.74, 6) is -0.0131. The summed E-state index contributed by atoms with van der Waals surface area (Å²) in [6, 6.07) is 5.05. The van der Waals surface area contributed by atoms with E-state index in [1.807, 2.05) is 5.38 Å². The van der Waals surface area contributed by atoms with Crippen molar-refractivity contribution in [2.75, 3.05) is 6.54 Å². The van der Waals surface area contributed by atoms with Crippen LogP contribution in [-0.4, -0.2) is 11.5 Å². The Morgan fingerprint density at radius 2 is 2.33 bits per heavy atom. The van der Waals surface area contributed by atoms with Crippen molar-refractivity contribution in [2.45, 2.75) is 19.4 Å². The zero-order chi connectivity index (χ0) is 13.0. The molecular weight excluding hydrogens is 271 g/mol. The van der Waals surface area contributed by atoms with Crippen molar-refractivity contribution in [3.63, 3.8) is 0 Å². The summed E-state index contributed by atoms with van der Waals surface area (Å²) in [6.07, 6.45) is 1.80. The average Bonchev–Trinajstić information content (AvgIpc) is 2.88. The number of hydrogen-bond donors (Lipinski definition) is 1. The molecule has 1 aromatic heterocycles. The Bertz CT molecular complexity index is 502. The van der Waals surface area contributed by atoms with E-state index in [-0.39, 0.29) is 10.8 Å². The number of rotatable bonds is 5. The predicted octanol–water partition coefficient (Wildman–Crippen LogP) is 3.83. The van der Waals surface area contributed by atoms with E-state index in [9.17, 15) is 4.39 Å². The second-order valence-electron chi connectivity index (χ2n) is 4.12. The molecule has 0 amide bonds. The summed E-state index contributed by atoms with van der Waals surface area (Å²) in [7, 11) is 0. The molecule has 0 bridgehead atoms. The summed E-state index contributed by atoms with van der Waals surface area (Å²) >= 11 is 7.36. The highest BCUT2D eigenvalue weighted by Crippen LogP contribution is 2.19. The van der Waals surface area contributed by atoms with Crippen LogP contribution in [-0.2, 0) is 6.54 Å². The molecule has 5 heteroatoms. The molecule has 0 saturated heterocycles. The molecule has 0 aliphatic rings. The van der Waals surface area contributed by atoms with Gasteiger partial charge in [-0.15, -0.1) is 11.3 Å². The molecule has 0 fully saturated rings. The minimum Gasteiger partial charge on any atom is -0.312 e. The molecule has 96 valence electrons. The molecule has 2 nitrogen and oxygen atoms in total. The van der Waals surface area contributed by atoms with Crippen molar-refractivity contribution >= 4 is 22.9 Å². The van der Waals surface area contributed by atoms with E-state index >= 15 is 0 Å². The zero-order valence-corrected chi connectivity index (χ0v) is 11.6. The van der Waals surface area contributed by atoms with Crippen LogP contribution < -0.4 is 5.32 Å². The molecular formula is C13H14ClFN2S. The molecule has 2 rings (SSSR count). The van der Waals surface area contributed by atoms with Gasteiger partial charge in [0.2, 0.25) is 0 Å². The summed E-state index contributed by atoms with van der Waals surface area (Å²) in [4.78, 5) is 4.26. The van der Waals surface area contributed by atoms with E-state index in [4.69, 9.17) is 11.6 Å². The second kappa shape index (κ2) is 6.27. The van der Waals surface area contributed by atoms with Gasteiger partial charge in [0.05, 0.1) is 10.0 Å². The van der Waals surface area contributed by atoms with Crippen LogP contribution in [0, 0.1) is 5.82 Å². The van der Waals surface area contributed by atoms with Crippen molar-refractivity contribution in [2.24, 2.45) is 0 Å². The first kappa shape index (κ1) is 13.5. The third-order valence-corrected chi connectivity index (χ3v) is 3.97. The summed E-state index contributed by atoms with van der Waals surface area (Å²) in [6.45, 7) is 3.34. The fourth-order valence-electron chi connectivity index (χ4n) is 1.67. The van der Waals surface area contributed by atoms with Crippen molar-refractivity contribution in [1.82, 2.24) is 10.3 Å². The van der Waals surface area contributed by atoms with E-state index in [0.29, 0.717) is 18.0 Å². The zero-order valence-electron chi connectivity index (χ0n) is 9.99. The highest BCUT2D eigenvalue weighted by molar-refractivity contribution is 7.09. The Balaban J connectivity index is 1.87. The maximum Gasteiger partial charge on any atom is 0.146 e. The van der Waals surface area contributed by atoms with Gasteiger partial charge in [-0.3, -0.25) is 0 Å². The van der Waals surface area contributed by atoms with Gasteiger partial charge in [0, 0.05) is 36.1 Å². The Kier molecular flexibility index (Phi) is 4.69. The lowest BCUT2D eigenvalue weighted by atomic mass is 10.1. The largest absolute Gasteiger partial charge is 0.312 e. The number of thiazole rings is 1. The Morgan fingerprint density at radius 3 is 3.06 bits per heavy atom. The fraction of sp³-hybridized carbons (Fsp3) is 0.308. The molecule has 0 radical (unpaired) electrons. The highest BCUT2D eigenvalue weighted by atomic mass is 35.5. The van der Waals surface area contributed by atoms with Crippen LogP contribution in [0.15, 0.2) is 29.8 Å². The normalized spacial score (nSPS) is 12.6. The Hall–Kier alpha value is -0.970. The van der Waals surface area contributed by atoms with E-state index in [1.54, 1.807) is 35.7 Å². The molecule has 1 N–H and O–H groups in total. The van der Waals surface area contributed by atoms with Crippen LogP contribution in [0.25, 0.3) is 0 Å². The standard InChI is InChI=1S/C13H14ClFN2S/c1-9(13-17-5-6-18-13)7-16-8-10-3-2-4-11(14)12(10)15/h2-6,9,16H,7-8H2,1H3. The number of benzene rings is 1. The number of halogens is 2. The molecule has 1 heterocycles. The van der Waals surface area contributed by atoms with Gasteiger partial charge >= 0.3 is 0 Å². The predicted molar refractivity (Wildman–Crippen MR) is 73.6 cm³/mol. The number of nitrogens with zero attached hydrogens (tertiary/aromatic N) is 1. The quantitative estimate of drug-likeness (QED) is 0.903. The van der Waals surface area contributed by atoms with Gasteiger partial charge in [-0.05, 0) is 6.07 Å². The SMILES string of the molecule is CC(CNCc1cccc(Cl)c1F)c1nccs1. The first-order valence-electron chi connectivity index (χ1n) is 5.71. The molecule has 0 spiro atoms. The number of aromatic nitrogens is 1. The fourth-order valence-corrected chi connectivity index (χ4v) is 2.57. The molecule has 1 atom stereocenters. The van der Waals surface area contributed by atoms with Crippen LogP contribution in [0.2, 0.25) is 5.02 Å². The van der Waals surface area contributed by atoms with E-state index < -0.39 is 0 Å². The third-order valence-electron chi connectivity index (χ3n) is 2.67. The van der Waals surface area contributed by atoms with Crippen LogP contribution in [0.4, 0.5) is 4.39 Å². The van der Waals surface area contributed by atoms with Gasteiger partial charge in [-0.2, -0.15) is 0 Å². The van der Waals surface area contributed by atoms with Gasteiger partial charge in [-0.25, -0.2) is 9.37 Å². The topological polar surface area (TPSA) is 24.9 Å². The molecule has 0 aliphatic heterocycles. The van der Waals surface area contributed by atoms with Crippen molar-refractivity contribution in [1.29, 1.82) is 0 Å². The second-order valence-corrected chi connectivity index (χ2v) is 5.45. The van der Waals surface area contributed by atoms with Gasteiger partial charge in [0.1, 0.15) is 5.82 Å². The van der Waals surface area contributed by atoms with Gasteiger partial charge in [-0.1, -0.05) is 30.7 Å². The summed E-state index contributed by atoms with van der Waals surface area (Å²) < 4.78 is 13.6. The summed E-state index contributed by atoms with van der Waals surface area (Å²) in [5.41, 5.74) is 0.592. The smallest absolute Gasteiger partial charge is 0.146 e. The lowest BCUT2D eigenvalue weighted by molar-refractivity contribution is 0.570. The van der Waals surface area contributed by atoms with Crippen LogP contribution in [0.1, 0.15) is 23.4 Å². The minimum atomic E-state index is -0.339.